The lowest BCUT2D eigenvalue weighted by molar-refractivity contribution is 0.171. The number of benzene rings is 2. The van der Waals surface area contributed by atoms with Gasteiger partial charge >= 0.3 is 5.69 Å². The Hall–Kier alpha value is -4.47. The summed E-state index contributed by atoms with van der Waals surface area (Å²) in [6.07, 6.45) is 1.86. The van der Waals surface area contributed by atoms with Crippen molar-refractivity contribution in [2.45, 2.75) is 0 Å². The summed E-state index contributed by atoms with van der Waals surface area (Å²) in [6, 6.07) is 13.3. The van der Waals surface area contributed by atoms with E-state index in [-0.39, 0.29) is 0 Å². The number of aryl methyl sites for hydroxylation is 1. The maximum atomic E-state index is 13.1. The van der Waals surface area contributed by atoms with Crippen molar-refractivity contribution in [1.82, 2.24) is 23.1 Å². The smallest absolute Gasteiger partial charge is 0.332 e. The molecule has 0 fully saturated rings. The number of hydrogen-bond donors (Lipinski definition) is 0. The fraction of sp³-hybridized carbons (Fsp3) is 0.208. The number of fused-ring (bicyclic) bond motifs is 4. The summed E-state index contributed by atoms with van der Waals surface area (Å²) in [4.78, 5) is 30.3. The van der Waals surface area contributed by atoms with Crippen LogP contribution in [-0.4, -0.2) is 43.4 Å². The van der Waals surface area contributed by atoms with Gasteiger partial charge in [0.2, 0.25) is 5.78 Å². The van der Waals surface area contributed by atoms with Gasteiger partial charge in [-0.15, -0.1) is 0 Å². The molecule has 172 valence electrons. The van der Waals surface area contributed by atoms with Crippen molar-refractivity contribution in [3.63, 3.8) is 0 Å². The second-order valence-electron chi connectivity index (χ2n) is 8.07. The molecule has 0 bridgehead atoms. The maximum absolute atomic E-state index is 13.1. The highest BCUT2D eigenvalue weighted by atomic mass is 16.6. The fourth-order valence-corrected chi connectivity index (χ4v) is 4.36. The molecule has 0 saturated carbocycles. The molecule has 0 atom stereocenters. The summed E-state index contributed by atoms with van der Waals surface area (Å²) in [5, 5.41) is 0. The second-order valence-corrected chi connectivity index (χ2v) is 8.07. The average molecular weight is 459 g/mol. The SMILES string of the molecule is COc1ccc(-c2cn3c4c(=O)n(C)c(=O)n(C)c4nc3n2-c2ccc3c(c2)OCCO3)cc1. The van der Waals surface area contributed by atoms with Crippen molar-refractivity contribution in [1.29, 1.82) is 0 Å². The first-order chi connectivity index (χ1) is 16.5. The Morgan fingerprint density at radius 1 is 0.941 bits per heavy atom. The lowest BCUT2D eigenvalue weighted by Crippen LogP contribution is -2.37. The molecule has 0 N–H and O–H groups in total. The van der Waals surface area contributed by atoms with Gasteiger partial charge in [-0.05, 0) is 36.4 Å². The minimum atomic E-state index is -0.431. The topological polar surface area (TPSA) is 93.9 Å². The van der Waals surface area contributed by atoms with Crippen molar-refractivity contribution in [2.75, 3.05) is 20.3 Å². The van der Waals surface area contributed by atoms with Gasteiger partial charge in [-0.2, -0.15) is 4.98 Å². The number of nitrogens with zero attached hydrogens (tertiary/aromatic N) is 5. The van der Waals surface area contributed by atoms with E-state index in [0.29, 0.717) is 41.7 Å². The van der Waals surface area contributed by atoms with Crippen LogP contribution in [0, 0.1) is 0 Å². The molecule has 6 rings (SSSR count). The van der Waals surface area contributed by atoms with Crippen molar-refractivity contribution >= 4 is 16.9 Å². The van der Waals surface area contributed by atoms with Gasteiger partial charge in [-0.3, -0.25) is 22.9 Å². The van der Waals surface area contributed by atoms with Crippen LogP contribution in [0.5, 0.6) is 17.2 Å². The molecule has 5 aromatic rings. The minimum absolute atomic E-state index is 0.315. The number of methoxy groups -OCH3 is 1. The predicted octanol–water partition coefficient (Wildman–Crippen LogP) is 2.12. The molecule has 4 heterocycles. The Kier molecular flexibility index (Phi) is 4.31. The van der Waals surface area contributed by atoms with Crippen LogP contribution in [-0.2, 0) is 14.1 Å². The third-order valence-corrected chi connectivity index (χ3v) is 6.13. The summed E-state index contributed by atoms with van der Waals surface area (Å²) >= 11 is 0. The first-order valence-electron chi connectivity index (χ1n) is 10.7. The predicted molar refractivity (Wildman–Crippen MR) is 125 cm³/mol. The minimum Gasteiger partial charge on any atom is -0.497 e. The van der Waals surface area contributed by atoms with E-state index in [2.05, 4.69) is 0 Å². The largest absolute Gasteiger partial charge is 0.497 e. The Morgan fingerprint density at radius 3 is 2.41 bits per heavy atom. The second kappa shape index (κ2) is 7.27. The van der Waals surface area contributed by atoms with Gasteiger partial charge in [0.25, 0.3) is 5.56 Å². The van der Waals surface area contributed by atoms with Crippen LogP contribution in [0.25, 0.3) is 33.9 Å². The van der Waals surface area contributed by atoms with Gasteiger partial charge in [-0.25, -0.2) is 4.79 Å². The first kappa shape index (κ1) is 20.2. The average Bonchev–Trinajstić information content (AvgIpc) is 3.42. The molecule has 0 saturated heterocycles. The molecule has 0 unspecified atom stereocenters. The third-order valence-electron chi connectivity index (χ3n) is 6.13. The number of aromatic nitrogens is 5. The van der Waals surface area contributed by atoms with E-state index in [9.17, 15) is 9.59 Å². The summed E-state index contributed by atoms with van der Waals surface area (Å²) in [5.41, 5.74) is 2.28. The van der Waals surface area contributed by atoms with Crippen molar-refractivity contribution < 1.29 is 14.2 Å². The van der Waals surface area contributed by atoms with Crippen LogP contribution in [0.4, 0.5) is 0 Å². The highest BCUT2D eigenvalue weighted by Gasteiger charge is 2.23. The molecule has 0 amide bonds. The molecule has 10 heteroatoms. The van der Waals surface area contributed by atoms with Crippen molar-refractivity contribution in [2.24, 2.45) is 14.1 Å². The molecule has 3 aromatic heterocycles. The van der Waals surface area contributed by atoms with Crippen LogP contribution < -0.4 is 25.5 Å². The van der Waals surface area contributed by atoms with E-state index >= 15 is 0 Å². The van der Waals surface area contributed by atoms with Crippen LogP contribution in [0.1, 0.15) is 0 Å². The van der Waals surface area contributed by atoms with Gasteiger partial charge in [-0.1, -0.05) is 0 Å². The maximum Gasteiger partial charge on any atom is 0.332 e. The zero-order valence-corrected chi connectivity index (χ0v) is 18.8. The van der Waals surface area contributed by atoms with Gasteiger partial charge in [0.15, 0.2) is 22.7 Å². The summed E-state index contributed by atoms with van der Waals surface area (Å²) < 4.78 is 22.9. The zero-order chi connectivity index (χ0) is 23.6. The molecule has 1 aliphatic rings. The van der Waals surface area contributed by atoms with Crippen molar-refractivity contribution in [3.05, 3.63) is 69.5 Å². The van der Waals surface area contributed by atoms with Crippen LogP contribution in [0.2, 0.25) is 0 Å². The highest BCUT2D eigenvalue weighted by molar-refractivity contribution is 5.79. The van der Waals surface area contributed by atoms with E-state index in [0.717, 1.165) is 27.3 Å². The molecule has 0 aliphatic carbocycles. The van der Waals surface area contributed by atoms with E-state index in [4.69, 9.17) is 19.2 Å². The van der Waals surface area contributed by atoms with Gasteiger partial charge < -0.3 is 14.2 Å². The zero-order valence-electron chi connectivity index (χ0n) is 18.8. The quantitative estimate of drug-likeness (QED) is 0.410. The lowest BCUT2D eigenvalue weighted by Gasteiger charge is -2.19. The number of rotatable bonds is 3. The van der Waals surface area contributed by atoms with E-state index in [1.807, 2.05) is 53.2 Å². The van der Waals surface area contributed by atoms with E-state index < -0.39 is 11.2 Å². The third kappa shape index (κ3) is 2.78. The lowest BCUT2D eigenvalue weighted by atomic mass is 10.1. The number of hydrogen-bond acceptors (Lipinski definition) is 6. The number of ether oxygens (including phenoxy) is 3. The molecule has 10 nitrogen and oxygen atoms in total. The Balaban J connectivity index is 1.71. The van der Waals surface area contributed by atoms with Crippen molar-refractivity contribution in [3.8, 4) is 34.2 Å². The van der Waals surface area contributed by atoms with Crippen LogP contribution in [0.3, 0.4) is 0 Å². The molecular weight excluding hydrogens is 438 g/mol. The van der Waals surface area contributed by atoms with Crippen LogP contribution in [0.15, 0.2) is 58.3 Å². The highest BCUT2D eigenvalue weighted by Crippen LogP contribution is 2.35. The van der Waals surface area contributed by atoms with Gasteiger partial charge in [0.05, 0.1) is 18.5 Å². The molecule has 0 spiro atoms. The number of imidazole rings is 2. The Labute approximate surface area is 192 Å². The standard InChI is InChI=1S/C24H21N5O5/c1-26-21-20(22(30)27(2)24(26)31)28-13-17(14-4-7-16(32-3)8-5-14)29(23(28)25-21)15-6-9-18-19(12-15)34-11-10-33-18/h4-9,12-13H,10-11H2,1-3H3. The normalized spacial score (nSPS) is 13.0. The summed E-state index contributed by atoms with van der Waals surface area (Å²) in [6.45, 7) is 0.967. The monoisotopic (exact) mass is 459 g/mol. The summed E-state index contributed by atoms with van der Waals surface area (Å²) in [5.74, 6) is 2.54. The molecule has 34 heavy (non-hydrogen) atoms. The molecule has 0 radical (unpaired) electrons. The summed E-state index contributed by atoms with van der Waals surface area (Å²) in [7, 11) is 4.69. The van der Waals surface area contributed by atoms with Crippen LogP contribution >= 0.6 is 0 Å². The Bertz CT molecular complexity index is 1700. The van der Waals surface area contributed by atoms with Gasteiger partial charge in [0.1, 0.15) is 19.0 Å². The van der Waals surface area contributed by atoms with E-state index in [1.54, 1.807) is 18.6 Å². The fourth-order valence-electron chi connectivity index (χ4n) is 4.36. The van der Waals surface area contributed by atoms with Gasteiger partial charge in [0, 0.05) is 31.9 Å². The molecular formula is C24H21N5O5. The Morgan fingerprint density at radius 2 is 1.68 bits per heavy atom. The molecule has 2 aromatic carbocycles. The molecule has 1 aliphatic heterocycles. The van der Waals surface area contributed by atoms with E-state index in [1.165, 1.54) is 11.6 Å². The first-order valence-corrected chi connectivity index (χ1v) is 10.7.